The molecule has 0 saturated heterocycles. The van der Waals surface area contributed by atoms with Gasteiger partial charge < -0.3 is 10.3 Å². The van der Waals surface area contributed by atoms with Gasteiger partial charge in [0, 0.05) is 40.5 Å². The van der Waals surface area contributed by atoms with Gasteiger partial charge in [0.05, 0.1) is 11.6 Å². The molecule has 2 heterocycles. The summed E-state index contributed by atoms with van der Waals surface area (Å²) >= 11 is 0. The average molecular weight is 310 g/mol. The fourth-order valence-electron chi connectivity index (χ4n) is 2.91. The predicted octanol–water partition coefficient (Wildman–Crippen LogP) is 4.43. The molecule has 114 valence electrons. The molecule has 0 fully saturated rings. The summed E-state index contributed by atoms with van der Waals surface area (Å²) in [7, 11) is 0. The Labute approximate surface area is 139 Å². The molecule has 0 atom stereocenters. The predicted molar refractivity (Wildman–Crippen MR) is 95.8 cm³/mol. The van der Waals surface area contributed by atoms with Crippen molar-refractivity contribution in [2.45, 2.75) is 0 Å². The number of hydrogen-bond donors (Lipinski definition) is 2. The molecule has 24 heavy (non-hydrogen) atoms. The second kappa shape index (κ2) is 5.56. The van der Waals surface area contributed by atoms with Crippen LogP contribution in [0.5, 0.6) is 0 Å². The Balaban J connectivity index is 1.82. The van der Waals surface area contributed by atoms with Crippen molar-refractivity contribution >= 4 is 17.0 Å². The molecular weight excluding hydrogens is 296 g/mol. The first-order valence-corrected chi connectivity index (χ1v) is 7.57. The van der Waals surface area contributed by atoms with E-state index in [9.17, 15) is 0 Å². The summed E-state index contributed by atoms with van der Waals surface area (Å²) < 4.78 is 0. The zero-order chi connectivity index (χ0) is 16.5. The molecular formula is C20H14N4. The van der Waals surface area contributed by atoms with Crippen molar-refractivity contribution in [2.75, 3.05) is 5.32 Å². The highest BCUT2D eigenvalue weighted by Crippen LogP contribution is 2.36. The molecule has 0 bridgehead atoms. The molecule has 2 N–H and O–H groups in total. The second-order valence-corrected chi connectivity index (χ2v) is 5.56. The summed E-state index contributed by atoms with van der Waals surface area (Å²) in [6, 6.07) is 15.8. The lowest BCUT2D eigenvalue weighted by Gasteiger charge is -2.22. The van der Waals surface area contributed by atoms with E-state index in [2.05, 4.69) is 27.9 Å². The number of anilines is 1. The van der Waals surface area contributed by atoms with Gasteiger partial charge in [0.2, 0.25) is 0 Å². The molecule has 0 radical (unpaired) electrons. The van der Waals surface area contributed by atoms with E-state index in [0.717, 1.165) is 39.5 Å². The Kier molecular flexibility index (Phi) is 3.25. The zero-order valence-corrected chi connectivity index (χ0v) is 12.9. The molecule has 4 heteroatoms. The maximum absolute atomic E-state index is 9.13. The standard InChI is InChI=1S/C20H14N4/c1-13-10-18(24-19-11-14(12-21)6-7-15(13)19)16-4-2-3-5-17(16)20-22-8-9-23-20/h2-11,24H,1H2,(H,22,23). The molecule has 3 aromatic rings. The first-order valence-electron chi connectivity index (χ1n) is 7.57. The van der Waals surface area contributed by atoms with E-state index in [-0.39, 0.29) is 0 Å². The molecule has 0 spiro atoms. The smallest absolute Gasteiger partial charge is 0.137 e. The van der Waals surface area contributed by atoms with E-state index in [1.54, 1.807) is 12.3 Å². The third kappa shape index (κ3) is 2.29. The topological polar surface area (TPSA) is 64.5 Å². The molecule has 0 amide bonds. The van der Waals surface area contributed by atoms with Gasteiger partial charge in [-0.05, 0) is 23.8 Å². The second-order valence-electron chi connectivity index (χ2n) is 5.56. The molecule has 1 aliphatic rings. The Morgan fingerprint density at radius 2 is 1.88 bits per heavy atom. The van der Waals surface area contributed by atoms with Gasteiger partial charge in [-0.1, -0.05) is 36.9 Å². The van der Waals surface area contributed by atoms with Crippen LogP contribution in [-0.2, 0) is 0 Å². The summed E-state index contributed by atoms with van der Waals surface area (Å²) in [4.78, 5) is 7.51. The first kappa shape index (κ1) is 14.0. The Morgan fingerprint density at radius 1 is 1.04 bits per heavy atom. The lowest BCUT2D eigenvalue weighted by Crippen LogP contribution is -2.08. The number of nitriles is 1. The molecule has 0 unspecified atom stereocenters. The van der Waals surface area contributed by atoms with Gasteiger partial charge >= 0.3 is 0 Å². The van der Waals surface area contributed by atoms with Gasteiger partial charge in [-0.25, -0.2) is 4.98 Å². The number of H-pyrrole nitrogens is 1. The number of allylic oxidation sites excluding steroid dienone is 2. The van der Waals surface area contributed by atoms with Crippen molar-refractivity contribution in [3.05, 3.63) is 84.2 Å². The van der Waals surface area contributed by atoms with E-state index >= 15 is 0 Å². The van der Waals surface area contributed by atoms with Gasteiger partial charge in [0.1, 0.15) is 5.82 Å². The van der Waals surface area contributed by atoms with Gasteiger partial charge in [0.25, 0.3) is 0 Å². The van der Waals surface area contributed by atoms with Crippen LogP contribution in [0.15, 0.2) is 67.5 Å². The van der Waals surface area contributed by atoms with Gasteiger partial charge in [0.15, 0.2) is 0 Å². The van der Waals surface area contributed by atoms with Crippen LogP contribution < -0.4 is 5.32 Å². The van der Waals surface area contributed by atoms with Crippen molar-refractivity contribution < 1.29 is 0 Å². The zero-order valence-electron chi connectivity index (χ0n) is 12.9. The molecule has 1 aromatic heterocycles. The summed E-state index contributed by atoms with van der Waals surface area (Å²) in [5.41, 5.74) is 6.41. The fraction of sp³-hybridized carbons (Fsp3) is 0. The lowest BCUT2D eigenvalue weighted by molar-refractivity contribution is 1.30. The lowest BCUT2D eigenvalue weighted by atomic mass is 9.94. The van der Waals surface area contributed by atoms with Gasteiger partial charge in [-0.2, -0.15) is 5.26 Å². The third-order valence-electron chi connectivity index (χ3n) is 4.05. The van der Waals surface area contributed by atoms with Crippen molar-refractivity contribution in [1.82, 2.24) is 9.97 Å². The van der Waals surface area contributed by atoms with E-state index in [1.807, 2.05) is 48.7 Å². The summed E-state index contributed by atoms with van der Waals surface area (Å²) in [6.45, 7) is 4.16. The number of fused-ring (bicyclic) bond motifs is 1. The van der Waals surface area contributed by atoms with Gasteiger partial charge in [-0.15, -0.1) is 0 Å². The van der Waals surface area contributed by atoms with Crippen LogP contribution in [0.3, 0.4) is 0 Å². The highest BCUT2D eigenvalue weighted by molar-refractivity contribution is 5.99. The van der Waals surface area contributed by atoms with E-state index in [4.69, 9.17) is 5.26 Å². The van der Waals surface area contributed by atoms with Crippen molar-refractivity contribution in [2.24, 2.45) is 0 Å². The minimum atomic E-state index is 0.620. The number of benzene rings is 2. The van der Waals surface area contributed by atoms with Crippen molar-refractivity contribution in [3.63, 3.8) is 0 Å². The molecule has 4 nitrogen and oxygen atoms in total. The SMILES string of the molecule is C=C1C=C(c2ccccc2-c2ncc[nH]2)Nc2cc(C#N)ccc21. The fourth-order valence-corrected chi connectivity index (χ4v) is 2.91. The number of aromatic nitrogens is 2. The number of aromatic amines is 1. The maximum atomic E-state index is 9.13. The Bertz CT molecular complexity index is 1000. The van der Waals surface area contributed by atoms with E-state index in [1.165, 1.54) is 0 Å². The maximum Gasteiger partial charge on any atom is 0.137 e. The number of nitrogens with zero attached hydrogens (tertiary/aromatic N) is 2. The minimum absolute atomic E-state index is 0.620. The highest BCUT2D eigenvalue weighted by Gasteiger charge is 2.18. The summed E-state index contributed by atoms with van der Waals surface area (Å²) in [5, 5.41) is 12.6. The average Bonchev–Trinajstić information content (AvgIpc) is 3.15. The van der Waals surface area contributed by atoms with Crippen LogP contribution in [0, 0.1) is 11.3 Å². The number of hydrogen-bond acceptors (Lipinski definition) is 3. The van der Waals surface area contributed by atoms with Crippen LogP contribution in [0.25, 0.3) is 22.7 Å². The van der Waals surface area contributed by atoms with Crippen LogP contribution in [0.1, 0.15) is 16.7 Å². The molecule has 1 aliphatic heterocycles. The molecule has 0 aliphatic carbocycles. The van der Waals surface area contributed by atoms with Crippen molar-refractivity contribution in [1.29, 1.82) is 5.26 Å². The Hall–Kier alpha value is -3.58. The normalized spacial score (nSPS) is 12.8. The minimum Gasteiger partial charge on any atom is -0.354 e. The quantitative estimate of drug-likeness (QED) is 0.736. The number of nitrogens with one attached hydrogen (secondary N) is 2. The summed E-state index contributed by atoms with van der Waals surface area (Å²) in [6.07, 6.45) is 5.57. The molecule has 2 aromatic carbocycles. The first-order chi connectivity index (χ1) is 11.8. The van der Waals surface area contributed by atoms with E-state index < -0.39 is 0 Å². The van der Waals surface area contributed by atoms with E-state index in [0.29, 0.717) is 5.56 Å². The Morgan fingerprint density at radius 3 is 2.62 bits per heavy atom. The number of imidazole rings is 1. The number of rotatable bonds is 2. The monoisotopic (exact) mass is 310 g/mol. The molecule has 0 saturated carbocycles. The van der Waals surface area contributed by atoms with Crippen LogP contribution in [-0.4, -0.2) is 9.97 Å². The molecule has 4 rings (SSSR count). The van der Waals surface area contributed by atoms with Crippen LogP contribution in [0.4, 0.5) is 5.69 Å². The van der Waals surface area contributed by atoms with Crippen LogP contribution >= 0.6 is 0 Å². The van der Waals surface area contributed by atoms with Crippen LogP contribution in [0.2, 0.25) is 0 Å². The highest BCUT2D eigenvalue weighted by atomic mass is 14.9. The van der Waals surface area contributed by atoms with Crippen molar-refractivity contribution in [3.8, 4) is 17.5 Å². The van der Waals surface area contributed by atoms with Gasteiger partial charge in [-0.3, -0.25) is 0 Å². The summed E-state index contributed by atoms with van der Waals surface area (Å²) in [5.74, 6) is 0.815. The largest absolute Gasteiger partial charge is 0.354 e. The third-order valence-corrected chi connectivity index (χ3v) is 4.05.